The average molecular weight is 451 g/mol. The minimum atomic E-state index is -3.76. The molecule has 3 fully saturated rings. The number of nitrogens with zero attached hydrogens (tertiary/aromatic N) is 2. The molecule has 0 bridgehead atoms. The highest BCUT2D eigenvalue weighted by atomic mass is 32.2. The smallest absolute Gasteiger partial charge is 0.270 e. The van der Waals surface area contributed by atoms with Gasteiger partial charge in [-0.3, -0.25) is 9.59 Å². The summed E-state index contributed by atoms with van der Waals surface area (Å²) in [6, 6.07) is 1.67. The Hall–Kier alpha value is -1.87. The third kappa shape index (κ3) is 4.98. The molecule has 2 N–H and O–H groups in total. The number of rotatable bonds is 5. The molecular formula is C22H34N4O4S. The van der Waals surface area contributed by atoms with Crippen molar-refractivity contribution in [1.82, 2.24) is 19.5 Å². The summed E-state index contributed by atoms with van der Waals surface area (Å²) in [4.78, 5) is 30.2. The summed E-state index contributed by atoms with van der Waals surface area (Å²) in [6.45, 7) is 4.17. The molecule has 1 aromatic heterocycles. The van der Waals surface area contributed by atoms with Gasteiger partial charge in [0.2, 0.25) is 15.9 Å². The number of likely N-dealkylation sites (tertiary alicyclic amines) is 1. The van der Waals surface area contributed by atoms with Gasteiger partial charge < -0.3 is 15.2 Å². The molecule has 31 heavy (non-hydrogen) atoms. The topological polar surface area (TPSA) is 103 Å². The predicted molar refractivity (Wildman–Crippen MR) is 117 cm³/mol. The first-order chi connectivity index (χ1) is 14.8. The number of aromatic amines is 1. The summed E-state index contributed by atoms with van der Waals surface area (Å²) in [5.74, 6) is 0.109. The van der Waals surface area contributed by atoms with E-state index in [2.05, 4.69) is 17.2 Å². The van der Waals surface area contributed by atoms with Crippen LogP contribution in [0.1, 0.15) is 68.8 Å². The molecule has 0 aromatic carbocycles. The number of nitrogens with one attached hydrogen (secondary N) is 2. The van der Waals surface area contributed by atoms with Crippen LogP contribution >= 0.6 is 0 Å². The van der Waals surface area contributed by atoms with Crippen LogP contribution in [0.25, 0.3) is 0 Å². The molecule has 1 aromatic rings. The molecule has 1 atom stereocenters. The van der Waals surface area contributed by atoms with Gasteiger partial charge in [-0.1, -0.05) is 19.8 Å². The fourth-order valence-electron chi connectivity index (χ4n) is 4.94. The molecule has 0 unspecified atom stereocenters. The molecule has 9 heteroatoms. The number of amides is 2. The highest BCUT2D eigenvalue weighted by molar-refractivity contribution is 7.89. The fraction of sp³-hybridized carbons (Fsp3) is 0.727. The Balaban J connectivity index is 1.40. The second kappa shape index (κ2) is 9.32. The van der Waals surface area contributed by atoms with Gasteiger partial charge in [-0.25, -0.2) is 8.42 Å². The molecule has 2 aliphatic heterocycles. The number of carbonyl (C=O) groups is 2. The molecular weight excluding hydrogens is 416 g/mol. The number of piperidine rings is 2. The van der Waals surface area contributed by atoms with Gasteiger partial charge in [0.05, 0.1) is 5.92 Å². The van der Waals surface area contributed by atoms with Crippen molar-refractivity contribution in [2.75, 3.05) is 26.2 Å². The van der Waals surface area contributed by atoms with E-state index in [1.807, 2.05) is 0 Å². The molecule has 0 spiro atoms. The monoisotopic (exact) mass is 450 g/mol. The fourth-order valence-corrected chi connectivity index (χ4v) is 6.46. The minimum absolute atomic E-state index is 0.0314. The van der Waals surface area contributed by atoms with Crippen LogP contribution in [0.4, 0.5) is 0 Å². The van der Waals surface area contributed by atoms with Crippen LogP contribution in [-0.2, 0) is 14.8 Å². The van der Waals surface area contributed by atoms with Gasteiger partial charge in [0, 0.05) is 38.4 Å². The zero-order valence-corrected chi connectivity index (χ0v) is 19.1. The number of hydrogen-bond acceptors (Lipinski definition) is 4. The molecule has 2 amide bonds. The standard InChI is InChI=1S/C22H34N4O4S/c1-16-8-11-25(12-9-16)22(28)20-13-19(14-23-20)31(29,30)26-10-4-5-17(15-26)21(27)24-18-6-2-3-7-18/h13-14,16-18,23H,2-12,15H2,1H3,(H,24,27)/t17-/m1/s1. The van der Waals surface area contributed by atoms with Gasteiger partial charge in [-0.15, -0.1) is 0 Å². The third-order valence-corrected chi connectivity index (χ3v) is 8.89. The second-order valence-electron chi connectivity index (χ2n) is 9.42. The van der Waals surface area contributed by atoms with E-state index in [1.165, 1.54) is 16.6 Å². The Bertz CT molecular complexity index is 898. The molecule has 172 valence electrons. The second-order valence-corrected chi connectivity index (χ2v) is 11.4. The zero-order valence-electron chi connectivity index (χ0n) is 18.3. The summed E-state index contributed by atoms with van der Waals surface area (Å²) < 4.78 is 27.8. The van der Waals surface area contributed by atoms with Crippen molar-refractivity contribution >= 4 is 21.8 Å². The van der Waals surface area contributed by atoms with E-state index in [0.717, 1.165) is 38.5 Å². The van der Waals surface area contributed by atoms with Crippen molar-refractivity contribution in [3.8, 4) is 0 Å². The molecule has 1 aliphatic carbocycles. The van der Waals surface area contributed by atoms with Crippen molar-refractivity contribution in [2.24, 2.45) is 11.8 Å². The maximum Gasteiger partial charge on any atom is 0.270 e. The van der Waals surface area contributed by atoms with Crippen molar-refractivity contribution in [3.63, 3.8) is 0 Å². The van der Waals surface area contributed by atoms with Gasteiger partial charge in [-0.05, 0) is 50.5 Å². The number of aromatic nitrogens is 1. The van der Waals surface area contributed by atoms with E-state index < -0.39 is 10.0 Å². The van der Waals surface area contributed by atoms with Gasteiger partial charge >= 0.3 is 0 Å². The molecule has 0 radical (unpaired) electrons. The molecule has 4 rings (SSSR count). The Morgan fingerprint density at radius 3 is 2.45 bits per heavy atom. The largest absolute Gasteiger partial charge is 0.356 e. The molecule has 2 saturated heterocycles. The van der Waals surface area contributed by atoms with E-state index in [-0.39, 0.29) is 35.2 Å². The molecule has 3 aliphatic rings. The van der Waals surface area contributed by atoms with Crippen LogP contribution < -0.4 is 5.32 Å². The summed E-state index contributed by atoms with van der Waals surface area (Å²) in [6.07, 6.45) is 9.00. The van der Waals surface area contributed by atoms with E-state index in [4.69, 9.17) is 0 Å². The van der Waals surface area contributed by atoms with E-state index in [0.29, 0.717) is 44.1 Å². The SMILES string of the molecule is CC1CCN(C(=O)c2cc(S(=O)(=O)N3CCC[C@@H](C(=O)NC4CCCC4)C3)c[nH]2)CC1. The lowest BCUT2D eigenvalue weighted by Gasteiger charge is -2.31. The van der Waals surface area contributed by atoms with E-state index >= 15 is 0 Å². The molecule has 1 saturated carbocycles. The first kappa shape index (κ1) is 22.3. The maximum atomic E-state index is 13.2. The van der Waals surface area contributed by atoms with Crippen LogP contribution in [-0.4, -0.2) is 66.6 Å². The lowest BCUT2D eigenvalue weighted by molar-refractivity contribution is -0.126. The number of sulfonamides is 1. The van der Waals surface area contributed by atoms with Crippen LogP contribution in [0.2, 0.25) is 0 Å². The number of carbonyl (C=O) groups excluding carboxylic acids is 2. The quantitative estimate of drug-likeness (QED) is 0.719. The Kier molecular flexibility index (Phi) is 6.71. The Morgan fingerprint density at radius 2 is 1.74 bits per heavy atom. The predicted octanol–water partition coefficient (Wildman–Crippen LogP) is 2.35. The normalized spacial score (nSPS) is 24.4. The van der Waals surface area contributed by atoms with Gasteiger partial charge in [0.25, 0.3) is 5.91 Å². The summed E-state index contributed by atoms with van der Waals surface area (Å²) >= 11 is 0. The highest BCUT2D eigenvalue weighted by Crippen LogP contribution is 2.26. The lowest BCUT2D eigenvalue weighted by Crippen LogP contribution is -2.47. The van der Waals surface area contributed by atoms with Gasteiger partial charge in [0.15, 0.2) is 0 Å². The van der Waals surface area contributed by atoms with Crippen LogP contribution in [0.3, 0.4) is 0 Å². The van der Waals surface area contributed by atoms with Gasteiger partial charge in [0.1, 0.15) is 10.6 Å². The number of H-pyrrole nitrogens is 1. The Labute approximate surface area is 184 Å². The van der Waals surface area contributed by atoms with Crippen LogP contribution in [0.5, 0.6) is 0 Å². The van der Waals surface area contributed by atoms with Crippen LogP contribution in [0, 0.1) is 11.8 Å². The van der Waals surface area contributed by atoms with Crippen molar-refractivity contribution < 1.29 is 18.0 Å². The maximum absolute atomic E-state index is 13.2. The van der Waals surface area contributed by atoms with E-state index in [1.54, 1.807) is 4.90 Å². The third-order valence-electron chi connectivity index (χ3n) is 7.05. The summed E-state index contributed by atoms with van der Waals surface area (Å²) in [7, 11) is -3.76. The lowest BCUT2D eigenvalue weighted by atomic mass is 9.98. The highest BCUT2D eigenvalue weighted by Gasteiger charge is 2.35. The first-order valence-electron chi connectivity index (χ1n) is 11.6. The van der Waals surface area contributed by atoms with Crippen molar-refractivity contribution in [2.45, 2.75) is 69.2 Å². The molecule has 8 nitrogen and oxygen atoms in total. The summed E-state index contributed by atoms with van der Waals surface area (Å²) in [5, 5.41) is 3.10. The zero-order chi connectivity index (χ0) is 22.0. The van der Waals surface area contributed by atoms with Gasteiger partial charge in [-0.2, -0.15) is 4.31 Å². The number of hydrogen-bond donors (Lipinski definition) is 2. The van der Waals surface area contributed by atoms with E-state index in [9.17, 15) is 18.0 Å². The average Bonchev–Trinajstić information content (AvgIpc) is 3.46. The molecule has 3 heterocycles. The first-order valence-corrected chi connectivity index (χ1v) is 13.1. The minimum Gasteiger partial charge on any atom is -0.356 e. The van der Waals surface area contributed by atoms with Crippen molar-refractivity contribution in [1.29, 1.82) is 0 Å². The Morgan fingerprint density at radius 1 is 1.03 bits per heavy atom. The van der Waals surface area contributed by atoms with Crippen LogP contribution in [0.15, 0.2) is 17.2 Å². The summed E-state index contributed by atoms with van der Waals surface area (Å²) in [5.41, 5.74) is 0.306. The van der Waals surface area contributed by atoms with Crippen molar-refractivity contribution in [3.05, 3.63) is 18.0 Å².